The van der Waals surface area contributed by atoms with E-state index in [2.05, 4.69) is 79.9 Å². The first-order valence-electron chi connectivity index (χ1n) is 17.8. The third kappa shape index (κ3) is 6.94. The Balaban J connectivity index is 0.00000427. The minimum Gasteiger partial charge on any atom is -0.508 e. The summed E-state index contributed by atoms with van der Waals surface area (Å²) in [6.45, 7) is 6.63. The summed E-state index contributed by atoms with van der Waals surface area (Å²) in [4.78, 5) is 20.0. The van der Waals surface area contributed by atoms with E-state index in [0.29, 0.717) is 34.5 Å². The van der Waals surface area contributed by atoms with Crippen LogP contribution < -0.4 is 4.74 Å². The number of rotatable bonds is 7. The molecular formula is C46H35N7OPt+2. The standard InChI is InChI=1S/C46H35N7O.Pt/c1-46(2,3)33-22-23-47-42(26-33)53-39-21-12-11-20-36(39)37-28-38(41(29-40(37)53)54-35-19-13-18-34(27-35)52-25-24-51(4)30-52)45-49-43(31-14-7-5-8-15-31)48-44(50-45)32-16-9-6-10-17-32;/h5-26,28H,1-4H3;/q;+2. The maximum Gasteiger partial charge on any atom is 2.00 e. The van der Waals surface area contributed by atoms with Gasteiger partial charge in [0.05, 0.1) is 0 Å². The zero-order valence-electron chi connectivity index (χ0n) is 30.6. The molecule has 4 heterocycles. The van der Waals surface area contributed by atoms with Crippen molar-refractivity contribution in [3.63, 3.8) is 0 Å². The van der Waals surface area contributed by atoms with Gasteiger partial charge in [-0.25, -0.2) is 19.9 Å². The van der Waals surface area contributed by atoms with Gasteiger partial charge in [0.25, 0.3) is 6.20 Å². The monoisotopic (exact) mass is 896 g/mol. The molecule has 8 nitrogen and oxygen atoms in total. The minimum absolute atomic E-state index is 0. The molecule has 1 aliphatic rings. The Bertz CT molecular complexity index is 2780. The van der Waals surface area contributed by atoms with Crippen LogP contribution in [0.1, 0.15) is 26.3 Å². The fourth-order valence-corrected chi connectivity index (χ4v) is 6.62. The van der Waals surface area contributed by atoms with Gasteiger partial charge in [-0.1, -0.05) is 126 Å². The van der Waals surface area contributed by atoms with Crippen molar-refractivity contribution in [1.29, 1.82) is 0 Å². The van der Waals surface area contributed by atoms with Crippen LogP contribution in [-0.4, -0.2) is 46.7 Å². The van der Waals surface area contributed by atoms with Crippen molar-refractivity contribution in [2.45, 2.75) is 26.2 Å². The molecule has 0 spiro atoms. The fraction of sp³-hybridized carbons (Fsp3) is 0.109. The van der Waals surface area contributed by atoms with Crippen molar-refractivity contribution < 1.29 is 35.0 Å². The van der Waals surface area contributed by atoms with E-state index in [9.17, 15) is 0 Å². The zero-order valence-corrected chi connectivity index (χ0v) is 32.9. The third-order valence-corrected chi connectivity index (χ3v) is 9.39. The first kappa shape index (κ1) is 35.7. The smallest absolute Gasteiger partial charge is 0.508 e. The van der Waals surface area contributed by atoms with Gasteiger partial charge in [0.15, 0.2) is 18.7 Å². The van der Waals surface area contributed by atoms with Crippen molar-refractivity contribution in [2.75, 3.05) is 7.05 Å². The Labute approximate surface area is 333 Å². The van der Waals surface area contributed by atoms with Gasteiger partial charge in [0.2, 0.25) is 6.20 Å². The molecule has 0 radical (unpaired) electrons. The summed E-state index contributed by atoms with van der Waals surface area (Å²) in [7, 11) is 1.93. The third-order valence-electron chi connectivity index (χ3n) is 9.39. The number of nitrogens with zero attached hydrogens (tertiary/aromatic N) is 7. The molecule has 268 valence electrons. The molecule has 1 aliphatic heterocycles. The summed E-state index contributed by atoms with van der Waals surface area (Å²) in [6, 6.07) is 50.8. The van der Waals surface area contributed by atoms with Crippen LogP contribution in [0.3, 0.4) is 0 Å². The molecule has 0 atom stereocenters. The molecule has 0 saturated carbocycles. The van der Waals surface area contributed by atoms with Crippen LogP contribution in [0.4, 0.5) is 5.69 Å². The number of hydrogen-bond acceptors (Lipinski definition) is 5. The largest absolute Gasteiger partial charge is 2.00 e. The van der Waals surface area contributed by atoms with E-state index < -0.39 is 0 Å². The molecule has 8 aromatic rings. The number of hydrogen-bond donors (Lipinski definition) is 0. The van der Waals surface area contributed by atoms with E-state index >= 15 is 0 Å². The molecule has 5 aromatic carbocycles. The number of para-hydroxylation sites is 1. The van der Waals surface area contributed by atoms with Gasteiger partial charge in [-0.2, -0.15) is 6.07 Å². The molecule has 0 aliphatic carbocycles. The molecule has 0 bridgehead atoms. The number of ether oxygens (including phenoxy) is 1. The van der Waals surface area contributed by atoms with Crippen LogP contribution in [0.2, 0.25) is 0 Å². The minimum atomic E-state index is -0.0672. The van der Waals surface area contributed by atoms with Crippen molar-refractivity contribution in [2.24, 2.45) is 0 Å². The molecule has 9 rings (SSSR count). The van der Waals surface area contributed by atoms with Crippen molar-refractivity contribution in [1.82, 2.24) is 24.5 Å². The van der Waals surface area contributed by atoms with Gasteiger partial charge in [-0.3, -0.25) is 0 Å². The average molecular weight is 897 g/mol. The van der Waals surface area contributed by atoms with Crippen LogP contribution in [0, 0.1) is 12.1 Å². The second-order valence-corrected chi connectivity index (χ2v) is 14.2. The molecule has 0 unspecified atom stereocenters. The Morgan fingerprint density at radius 1 is 0.691 bits per heavy atom. The second-order valence-electron chi connectivity index (χ2n) is 14.2. The van der Waals surface area contributed by atoms with E-state index in [1.54, 1.807) is 0 Å². The summed E-state index contributed by atoms with van der Waals surface area (Å²) in [5.41, 5.74) is 6.13. The summed E-state index contributed by atoms with van der Waals surface area (Å²) < 4.78 is 12.7. The van der Waals surface area contributed by atoms with Crippen molar-refractivity contribution in [3.05, 3.63) is 158 Å². The predicted molar refractivity (Wildman–Crippen MR) is 211 cm³/mol. The van der Waals surface area contributed by atoms with Crippen LogP contribution in [-0.2, 0) is 26.5 Å². The Hall–Kier alpha value is -6.33. The van der Waals surface area contributed by atoms with Gasteiger partial charge in [-0.05, 0) is 40.1 Å². The van der Waals surface area contributed by atoms with Crippen LogP contribution >= 0.6 is 0 Å². The first-order valence-corrected chi connectivity index (χ1v) is 17.8. The molecule has 0 amide bonds. The SMILES string of the molecule is C[N+]1=C=[N+](c2[c-]c(Oc3[c-]c4c(cc3-c3nc(-c5ccccc5)nc(-c5ccccc5)n3)c3ccccc3n4-c3cc(C(C)(C)C)ccn3)ccc2)C=C1.[Pt+2]. The molecule has 0 N–H and O–H groups in total. The van der Waals surface area contributed by atoms with Crippen molar-refractivity contribution in [3.8, 4) is 51.5 Å². The summed E-state index contributed by atoms with van der Waals surface area (Å²) >= 11 is 0. The van der Waals surface area contributed by atoms with Crippen LogP contribution in [0.25, 0.3) is 61.8 Å². The Kier molecular flexibility index (Phi) is 9.40. The average Bonchev–Trinajstić information content (AvgIpc) is 3.78. The van der Waals surface area contributed by atoms with E-state index in [1.165, 1.54) is 5.56 Å². The first-order chi connectivity index (χ1) is 26.3. The fourth-order valence-electron chi connectivity index (χ4n) is 6.62. The zero-order chi connectivity index (χ0) is 36.8. The quantitative estimate of drug-likeness (QED) is 0.118. The van der Waals surface area contributed by atoms with E-state index in [4.69, 9.17) is 24.7 Å². The van der Waals surface area contributed by atoms with E-state index in [-0.39, 0.29) is 26.5 Å². The number of fused-ring (bicyclic) bond motifs is 3. The van der Waals surface area contributed by atoms with E-state index in [1.807, 2.05) is 120 Å². The summed E-state index contributed by atoms with van der Waals surface area (Å²) in [5.74, 6) is 3.32. The molecule has 0 fully saturated rings. The van der Waals surface area contributed by atoms with E-state index in [0.717, 1.165) is 44.4 Å². The summed E-state index contributed by atoms with van der Waals surface area (Å²) in [5, 5.41) is 2.01. The normalized spacial score (nSPS) is 12.4. The van der Waals surface area contributed by atoms with Gasteiger partial charge in [0, 0.05) is 34.3 Å². The van der Waals surface area contributed by atoms with Gasteiger partial charge < -0.3 is 9.30 Å². The topological polar surface area (TPSA) is 71.7 Å². The van der Waals surface area contributed by atoms with Gasteiger partial charge in [-0.15, -0.1) is 23.6 Å². The molecule has 0 saturated heterocycles. The predicted octanol–water partition coefficient (Wildman–Crippen LogP) is 10.00. The Morgan fingerprint density at radius 2 is 1.36 bits per heavy atom. The Morgan fingerprint density at radius 3 is 2.04 bits per heavy atom. The summed E-state index contributed by atoms with van der Waals surface area (Å²) in [6.07, 6.45) is 5.73. The van der Waals surface area contributed by atoms with Gasteiger partial charge >= 0.3 is 27.1 Å². The second kappa shape index (κ2) is 14.5. The molecule has 9 heteroatoms. The van der Waals surface area contributed by atoms with Crippen LogP contribution in [0.15, 0.2) is 140 Å². The van der Waals surface area contributed by atoms with Gasteiger partial charge in [0.1, 0.15) is 17.3 Å². The number of benzene rings is 5. The molecular weight excluding hydrogens is 862 g/mol. The molecule has 3 aromatic heterocycles. The van der Waals surface area contributed by atoms with Crippen LogP contribution in [0.5, 0.6) is 11.5 Å². The number of aromatic nitrogens is 5. The van der Waals surface area contributed by atoms with Crippen molar-refractivity contribution >= 4 is 33.5 Å². The maximum absolute atomic E-state index is 6.82. The molecule has 55 heavy (non-hydrogen) atoms. The maximum atomic E-state index is 6.82. The number of pyridine rings is 1.